The van der Waals surface area contributed by atoms with Gasteiger partial charge in [-0.2, -0.15) is 4.98 Å². The van der Waals surface area contributed by atoms with E-state index in [4.69, 9.17) is 17.3 Å². The van der Waals surface area contributed by atoms with Gasteiger partial charge >= 0.3 is 0 Å². The molecule has 2 aromatic heterocycles. The number of nitrogens with two attached hydrogens (primary N) is 1. The SMILES string of the molecule is C=CC(=O)Nc1ccc2c(c1)c(C)cn2-c1nc(Nc2ccc(N)c(F)c2)ncc1Cl.CS(C)=O. The summed E-state index contributed by atoms with van der Waals surface area (Å²) in [6.45, 7) is 5.41. The largest absolute Gasteiger partial charge is 0.396 e. The lowest BCUT2D eigenvalue weighted by molar-refractivity contribution is -0.111. The summed E-state index contributed by atoms with van der Waals surface area (Å²) < 4.78 is 25.1. The van der Waals surface area contributed by atoms with E-state index in [2.05, 4.69) is 27.2 Å². The lowest BCUT2D eigenvalue weighted by Gasteiger charge is -2.11. The molecule has 0 spiro atoms. The molecular formula is C24H24ClFN6O2S. The molecule has 0 saturated heterocycles. The molecule has 0 bridgehead atoms. The molecular weight excluding hydrogens is 491 g/mol. The number of anilines is 4. The highest BCUT2D eigenvalue weighted by Gasteiger charge is 2.14. The highest BCUT2D eigenvalue weighted by molar-refractivity contribution is 7.83. The highest BCUT2D eigenvalue weighted by atomic mass is 35.5. The van der Waals surface area contributed by atoms with Gasteiger partial charge in [-0.15, -0.1) is 0 Å². The fraction of sp³-hybridized carbons (Fsp3) is 0.125. The maximum absolute atomic E-state index is 13.7. The normalized spacial score (nSPS) is 10.6. The maximum Gasteiger partial charge on any atom is 0.247 e. The van der Waals surface area contributed by atoms with Gasteiger partial charge in [-0.05, 0) is 55.0 Å². The van der Waals surface area contributed by atoms with Crippen molar-refractivity contribution in [1.29, 1.82) is 0 Å². The van der Waals surface area contributed by atoms with Gasteiger partial charge in [0.05, 0.1) is 17.4 Å². The minimum Gasteiger partial charge on any atom is -0.396 e. The second kappa shape index (κ2) is 11.1. The van der Waals surface area contributed by atoms with Crippen molar-refractivity contribution in [3.63, 3.8) is 0 Å². The zero-order chi connectivity index (χ0) is 25.7. The number of hydrogen-bond donors (Lipinski definition) is 3. The number of carbonyl (C=O) groups excluding carboxylic acids is 1. The van der Waals surface area contributed by atoms with E-state index in [-0.39, 0.29) is 17.5 Å². The van der Waals surface area contributed by atoms with Crippen LogP contribution in [0.25, 0.3) is 16.7 Å². The summed E-state index contributed by atoms with van der Waals surface area (Å²) in [5.74, 6) is -0.121. The van der Waals surface area contributed by atoms with Crippen LogP contribution in [-0.2, 0) is 15.6 Å². The van der Waals surface area contributed by atoms with Gasteiger partial charge in [0.25, 0.3) is 0 Å². The lowest BCUT2D eigenvalue weighted by atomic mass is 10.2. The summed E-state index contributed by atoms with van der Waals surface area (Å²) >= 11 is 6.39. The third-order valence-electron chi connectivity index (χ3n) is 4.67. The Bertz CT molecular complexity index is 1440. The smallest absolute Gasteiger partial charge is 0.247 e. The minimum absolute atomic E-state index is 0.0567. The van der Waals surface area contributed by atoms with Gasteiger partial charge in [0.2, 0.25) is 11.9 Å². The highest BCUT2D eigenvalue weighted by Crippen LogP contribution is 2.30. The zero-order valence-electron chi connectivity index (χ0n) is 19.3. The van der Waals surface area contributed by atoms with Crippen molar-refractivity contribution in [3.8, 4) is 5.82 Å². The van der Waals surface area contributed by atoms with Crippen molar-refractivity contribution in [3.05, 3.63) is 77.9 Å². The molecule has 0 atom stereocenters. The molecule has 8 nitrogen and oxygen atoms in total. The summed E-state index contributed by atoms with van der Waals surface area (Å²) in [5, 5.41) is 6.97. The molecule has 182 valence electrons. The Kier molecular flexibility index (Phi) is 8.21. The average Bonchev–Trinajstić information content (AvgIpc) is 3.13. The van der Waals surface area contributed by atoms with Gasteiger partial charge < -0.3 is 16.4 Å². The van der Waals surface area contributed by atoms with E-state index in [1.807, 2.05) is 29.8 Å². The molecule has 0 aliphatic rings. The third-order valence-corrected chi connectivity index (χ3v) is 4.93. The van der Waals surface area contributed by atoms with Crippen molar-refractivity contribution in [2.45, 2.75) is 6.92 Å². The van der Waals surface area contributed by atoms with Crippen LogP contribution in [0.15, 0.2) is 61.4 Å². The molecule has 1 amide bonds. The Balaban J connectivity index is 0.000000795. The Morgan fingerprint density at radius 2 is 1.91 bits per heavy atom. The molecule has 0 fully saturated rings. The Hall–Kier alpha value is -3.76. The van der Waals surface area contributed by atoms with E-state index < -0.39 is 16.6 Å². The van der Waals surface area contributed by atoms with Crippen LogP contribution < -0.4 is 16.4 Å². The summed E-state index contributed by atoms with van der Waals surface area (Å²) in [5.41, 5.74) is 8.50. The van der Waals surface area contributed by atoms with Gasteiger partial charge in [0.15, 0.2) is 5.82 Å². The topological polar surface area (TPSA) is 115 Å². The first kappa shape index (κ1) is 25.9. The standard InChI is InChI=1S/C22H18ClFN6O.C2H6OS/c1-3-20(31)27-13-5-7-19-15(8-13)12(2)11-30(19)21-16(23)10-26-22(29-21)28-14-4-6-18(25)17(24)9-14;1-4(2)3/h3-11H,1,25H2,2H3,(H,27,31)(H,26,28,29);1-2H3. The van der Waals surface area contributed by atoms with E-state index >= 15 is 0 Å². The zero-order valence-corrected chi connectivity index (χ0v) is 20.9. The number of carbonyl (C=O) groups is 1. The van der Waals surface area contributed by atoms with Gasteiger partial charge in [0, 0.05) is 46.3 Å². The Morgan fingerprint density at radius 3 is 2.57 bits per heavy atom. The number of fused-ring (bicyclic) bond motifs is 1. The van der Waals surface area contributed by atoms with Crippen LogP contribution in [0.1, 0.15) is 5.56 Å². The predicted octanol–water partition coefficient (Wildman–Crippen LogP) is 4.97. The number of aryl methyl sites for hydroxylation is 1. The van der Waals surface area contributed by atoms with Crippen LogP contribution in [0.5, 0.6) is 0 Å². The molecule has 2 heterocycles. The Labute approximate surface area is 209 Å². The minimum atomic E-state index is -0.611. The van der Waals surface area contributed by atoms with Crippen LogP contribution in [0.2, 0.25) is 5.02 Å². The number of halogens is 2. The Morgan fingerprint density at radius 1 is 1.23 bits per heavy atom. The van der Waals surface area contributed by atoms with Crippen molar-refractivity contribution in [2.24, 2.45) is 0 Å². The number of benzene rings is 2. The van der Waals surface area contributed by atoms with Crippen molar-refractivity contribution >= 4 is 62.2 Å². The molecule has 0 saturated carbocycles. The molecule has 0 aliphatic carbocycles. The third kappa shape index (κ3) is 6.43. The summed E-state index contributed by atoms with van der Waals surface area (Å²) in [4.78, 5) is 20.3. The van der Waals surface area contributed by atoms with E-state index in [9.17, 15) is 13.4 Å². The van der Waals surface area contributed by atoms with E-state index in [0.717, 1.165) is 16.5 Å². The monoisotopic (exact) mass is 514 g/mol. The first-order valence-electron chi connectivity index (χ1n) is 10.2. The van der Waals surface area contributed by atoms with Crippen LogP contribution in [-0.4, -0.2) is 37.2 Å². The lowest BCUT2D eigenvalue weighted by Crippen LogP contribution is -2.07. The van der Waals surface area contributed by atoms with Crippen LogP contribution in [0.3, 0.4) is 0 Å². The molecule has 0 aliphatic heterocycles. The van der Waals surface area contributed by atoms with Crippen molar-refractivity contribution < 1.29 is 13.4 Å². The number of nitrogens with one attached hydrogen (secondary N) is 2. The quantitative estimate of drug-likeness (QED) is 0.256. The van der Waals surface area contributed by atoms with Crippen molar-refractivity contribution in [2.75, 3.05) is 28.9 Å². The number of nitrogen functional groups attached to an aromatic ring is 1. The fourth-order valence-electron chi connectivity index (χ4n) is 3.16. The molecule has 4 N–H and O–H groups in total. The molecule has 2 aromatic carbocycles. The number of amides is 1. The summed E-state index contributed by atoms with van der Waals surface area (Å²) in [6.07, 6.45) is 7.86. The maximum atomic E-state index is 13.7. The number of nitrogens with zero attached hydrogens (tertiary/aromatic N) is 3. The molecule has 4 rings (SSSR count). The number of aromatic nitrogens is 3. The van der Waals surface area contributed by atoms with Gasteiger partial charge in [-0.3, -0.25) is 13.6 Å². The summed E-state index contributed by atoms with van der Waals surface area (Å²) in [7, 11) is -0.611. The van der Waals surface area contributed by atoms with Crippen LogP contribution in [0.4, 0.5) is 27.4 Å². The second-order valence-corrected chi connectivity index (χ2v) is 9.47. The second-order valence-electron chi connectivity index (χ2n) is 7.58. The van der Waals surface area contributed by atoms with Crippen LogP contribution >= 0.6 is 11.6 Å². The van der Waals surface area contributed by atoms with E-state index in [1.54, 1.807) is 24.6 Å². The number of hydrogen-bond acceptors (Lipinski definition) is 6. The molecule has 11 heteroatoms. The molecule has 0 radical (unpaired) electrons. The predicted molar refractivity (Wildman–Crippen MR) is 142 cm³/mol. The van der Waals surface area contributed by atoms with Crippen molar-refractivity contribution in [1.82, 2.24) is 14.5 Å². The van der Waals surface area contributed by atoms with Gasteiger partial charge in [0.1, 0.15) is 10.8 Å². The first-order chi connectivity index (χ1) is 16.6. The van der Waals surface area contributed by atoms with Crippen LogP contribution in [0, 0.1) is 12.7 Å². The average molecular weight is 515 g/mol. The van der Waals surface area contributed by atoms with E-state index in [0.29, 0.717) is 22.2 Å². The fourth-order valence-corrected chi connectivity index (χ4v) is 3.34. The number of rotatable bonds is 5. The van der Waals surface area contributed by atoms with Gasteiger partial charge in [-0.25, -0.2) is 9.37 Å². The molecule has 4 aromatic rings. The van der Waals surface area contributed by atoms with Gasteiger partial charge in [-0.1, -0.05) is 18.2 Å². The first-order valence-corrected chi connectivity index (χ1v) is 12.6. The molecule has 35 heavy (non-hydrogen) atoms. The summed E-state index contributed by atoms with van der Waals surface area (Å²) in [6, 6.07) is 9.87. The van der Waals surface area contributed by atoms with E-state index in [1.165, 1.54) is 24.4 Å². The molecule has 0 unspecified atom stereocenters.